The number of carbonyl (C=O) groups is 1. The number of ketones is 1. The van der Waals surface area contributed by atoms with Crippen LogP contribution < -0.4 is 15.5 Å². The first-order valence-electron chi connectivity index (χ1n) is 11.8. The van der Waals surface area contributed by atoms with Crippen molar-refractivity contribution in [2.75, 3.05) is 62.4 Å². The molecular formula is C26H33N5O5. The predicted octanol–water partition coefficient (Wildman–Crippen LogP) is 0.408. The van der Waals surface area contributed by atoms with Crippen LogP contribution in [-0.4, -0.2) is 90.5 Å². The van der Waals surface area contributed by atoms with Gasteiger partial charge in [-0.2, -0.15) is 0 Å². The fourth-order valence-electron chi connectivity index (χ4n) is 3.89. The number of amidine groups is 2. The van der Waals surface area contributed by atoms with E-state index in [9.17, 15) is 25.2 Å². The van der Waals surface area contributed by atoms with Gasteiger partial charge in [-0.15, -0.1) is 0 Å². The molecule has 0 saturated carbocycles. The largest absolute Gasteiger partial charge is 0.395 e. The molecule has 10 heteroatoms. The Morgan fingerprint density at radius 1 is 0.750 bits per heavy atom. The van der Waals surface area contributed by atoms with Crippen LogP contribution in [0, 0.1) is 0 Å². The Kier molecular flexibility index (Phi) is 10.1. The SMILES string of the molecule is NC1=NC(=Nc2ccc(N(CCO)CCO)cc2)C(Cc2ccc(N(CCO)CCO)cc2)=CC1=O. The van der Waals surface area contributed by atoms with E-state index in [0.717, 1.165) is 16.9 Å². The molecule has 0 spiro atoms. The Balaban J connectivity index is 1.81. The summed E-state index contributed by atoms with van der Waals surface area (Å²) in [5.74, 6) is -0.129. The van der Waals surface area contributed by atoms with Crippen molar-refractivity contribution in [1.82, 2.24) is 0 Å². The van der Waals surface area contributed by atoms with E-state index in [1.54, 1.807) is 12.1 Å². The predicted molar refractivity (Wildman–Crippen MR) is 141 cm³/mol. The zero-order valence-electron chi connectivity index (χ0n) is 20.1. The lowest BCUT2D eigenvalue weighted by atomic mass is 10.0. The van der Waals surface area contributed by atoms with E-state index in [2.05, 4.69) is 9.98 Å². The Morgan fingerprint density at radius 2 is 1.22 bits per heavy atom. The number of dihydropyridines is 1. The van der Waals surface area contributed by atoms with Crippen LogP contribution in [0.15, 0.2) is 70.2 Å². The van der Waals surface area contributed by atoms with Gasteiger partial charge in [0.15, 0.2) is 11.7 Å². The standard InChI is InChI=1S/C26H33N5O5/c27-25-24(36)18-20(17-19-1-5-22(6-2-19)30(9-13-32)10-14-33)26(29-25)28-21-3-7-23(8-4-21)31(11-15-34)12-16-35/h1-8,18,32-35H,9-17H2,(H2,27,28,29). The highest BCUT2D eigenvalue weighted by Gasteiger charge is 2.19. The lowest BCUT2D eigenvalue weighted by molar-refractivity contribution is -0.109. The first kappa shape index (κ1) is 27.0. The maximum absolute atomic E-state index is 12.2. The van der Waals surface area contributed by atoms with E-state index in [4.69, 9.17) is 5.73 Å². The highest BCUT2D eigenvalue weighted by Crippen LogP contribution is 2.24. The number of aliphatic imine (C=N–C) groups is 2. The van der Waals surface area contributed by atoms with Gasteiger partial charge in [-0.1, -0.05) is 12.1 Å². The molecule has 0 saturated heterocycles. The molecule has 1 aliphatic heterocycles. The Hall–Kier alpha value is -3.57. The van der Waals surface area contributed by atoms with Crippen molar-refractivity contribution in [3.05, 3.63) is 65.7 Å². The minimum atomic E-state index is -0.364. The summed E-state index contributed by atoms with van der Waals surface area (Å²) in [6.45, 7) is 1.56. The fourth-order valence-corrected chi connectivity index (χ4v) is 3.89. The normalized spacial score (nSPS) is 14.6. The maximum Gasteiger partial charge on any atom is 0.220 e. The van der Waals surface area contributed by atoms with Crippen LogP contribution in [0.5, 0.6) is 0 Å². The van der Waals surface area contributed by atoms with E-state index in [1.807, 2.05) is 46.2 Å². The molecule has 3 rings (SSSR count). The van der Waals surface area contributed by atoms with Crippen molar-refractivity contribution < 1.29 is 25.2 Å². The molecule has 0 bridgehead atoms. The fraction of sp³-hybridized carbons (Fsp3) is 0.346. The lowest BCUT2D eigenvalue weighted by Crippen LogP contribution is -2.29. The highest BCUT2D eigenvalue weighted by molar-refractivity contribution is 6.47. The summed E-state index contributed by atoms with van der Waals surface area (Å²) in [5, 5.41) is 37.0. The van der Waals surface area contributed by atoms with Crippen LogP contribution >= 0.6 is 0 Å². The second-order valence-corrected chi connectivity index (χ2v) is 8.19. The minimum Gasteiger partial charge on any atom is -0.395 e. The second kappa shape index (κ2) is 13.5. The summed E-state index contributed by atoms with van der Waals surface area (Å²) < 4.78 is 0. The van der Waals surface area contributed by atoms with Gasteiger partial charge in [0.25, 0.3) is 0 Å². The maximum atomic E-state index is 12.2. The number of carbonyl (C=O) groups excluding carboxylic acids is 1. The molecule has 2 aromatic rings. The van der Waals surface area contributed by atoms with Crippen LogP contribution in [0.4, 0.5) is 17.1 Å². The summed E-state index contributed by atoms with van der Waals surface area (Å²) in [7, 11) is 0. The topological polar surface area (TPSA) is 155 Å². The Labute approximate surface area is 210 Å². The molecule has 0 atom stereocenters. The van der Waals surface area contributed by atoms with E-state index in [1.165, 1.54) is 6.08 Å². The third kappa shape index (κ3) is 7.22. The summed E-state index contributed by atoms with van der Waals surface area (Å²) in [6, 6.07) is 15.0. The van der Waals surface area contributed by atoms with Crippen LogP contribution in [0.2, 0.25) is 0 Å². The first-order valence-corrected chi connectivity index (χ1v) is 11.8. The molecule has 0 aliphatic carbocycles. The van der Waals surface area contributed by atoms with Crippen molar-refractivity contribution in [2.45, 2.75) is 6.42 Å². The molecule has 1 heterocycles. The number of anilines is 2. The number of benzene rings is 2. The van der Waals surface area contributed by atoms with Crippen LogP contribution in [0.1, 0.15) is 5.56 Å². The number of nitrogens with zero attached hydrogens (tertiary/aromatic N) is 4. The van der Waals surface area contributed by atoms with Crippen molar-refractivity contribution >= 4 is 34.5 Å². The van der Waals surface area contributed by atoms with Gasteiger partial charge < -0.3 is 36.0 Å². The molecule has 1 aliphatic rings. The number of rotatable bonds is 13. The minimum absolute atomic E-state index is 0.0160. The number of aliphatic hydroxyl groups is 4. The molecule has 192 valence electrons. The monoisotopic (exact) mass is 495 g/mol. The number of nitrogens with two attached hydrogens (primary N) is 1. The molecule has 36 heavy (non-hydrogen) atoms. The molecule has 0 unspecified atom stereocenters. The van der Waals surface area contributed by atoms with Crippen molar-refractivity contribution in [2.24, 2.45) is 15.7 Å². The van der Waals surface area contributed by atoms with Gasteiger partial charge in [0, 0.05) is 49.5 Å². The van der Waals surface area contributed by atoms with Gasteiger partial charge in [0.05, 0.1) is 32.1 Å². The van der Waals surface area contributed by atoms with Crippen molar-refractivity contribution in [3.8, 4) is 0 Å². The van der Waals surface area contributed by atoms with Crippen molar-refractivity contribution in [3.63, 3.8) is 0 Å². The lowest BCUT2D eigenvalue weighted by Gasteiger charge is -2.23. The van der Waals surface area contributed by atoms with E-state index in [0.29, 0.717) is 49.7 Å². The van der Waals surface area contributed by atoms with Crippen LogP contribution in [0.3, 0.4) is 0 Å². The second-order valence-electron chi connectivity index (χ2n) is 8.19. The quantitative estimate of drug-likeness (QED) is 0.268. The summed E-state index contributed by atoms with van der Waals surface area (Å²) in [6.07, 6.45) is 1.87. The molecule has 0 amide bonds. The summed E-state index contributed by atoms with van der Waals surface area (Å²) >= 11 is 0. The van der Waals surface area contributed by atoms with E-state index < -0.39 is 0 Å². The van der Waals surface area contributed by atoms with Gasteiger partial charge in [0.2, 0.25) is 5.78 Å². The third-order valence-electron chi connectivity index (χ3n) is 5.70. The highest BCUT2D eigenvalue weighted by atomic mass is 16.3. The number of hydrogen-bond acceptors (Lipinski definition) is 9. The molecule has 2 aromatic carbocycles. The van der Waals surface area contributed by atoms with E-state index >= 15 is 0 Å². The molecule has 0 fully saturated rings. The Bertz CT molecular complexity index is 1080. The first-order chi connectivity index (χ1) is 17.5. The van der Waals surface area contributed by atoms with Crippen LogP contribution in [0.25, 0.3) is 0 Å². The molecule has 6 N–H and O–H groups in total. The zero-order chi connectivity index (χ0) is 25.9. The zero-order valence-corrected chi connectivity index (χ0v) is 20.1. The summed E-state index contributed by atoms with van der Waals surface area (Å²) in [5.41, 5.74) is 9.71. The van der Waals surface area contributed by atoms with Gasteiger partial charge in [-0.05, 0) is 48.0 Å². The summed E-state index contributed by atoms with van der Waals surface area (Å²) in [4.78, 5) is 24.8. The average molecular weight is 496 g/mol. The average Bonchev–Trinajstić information content (AvgIpc) is 2.88. The number of aliphatic hydroxyl groups excluding tert-OH is 4. The smallest absolute Gasteiger partial charge is 0.220 e. The Morgan fingerprint density at radius 3 is 1.69 bits per heavy atom. The molecule has 0 radical (unpaired) electrons. The van der Waals surface area contributed by atoms with Gasteiger partial charge in [-0.3, -0.25) is 4.79 Å². The molecular weight excluding hydrogens is 462 g/mol. The molecule has 10 nitrogen and oxygen atoms in total. The van der Waals surface area contributed by atoms with Crippen molar-refractivity contribution in [1.29, 1.82) is 0 Å². The van der Waals surface area contributed by atoms with Gasteiger partial charge >= 0.3 is 0 Å². The molecule has 0 aromatic heterocycles. The number of hydrogen-bond donors (Lipinski definition) is 5. The van der Waals surface area contributed by atoms with Gasteiger partial charge in [0.1, 0.15) is 0 Å². The van der Waals surface area contributed by atoms with Crippen LogP contribution in [-0.2, 0) is 11.2 Å². The third-order valence-corrected chi connectivity index (χ3v) is 5.70. The van der Waals surface area contributed by atoms with E-state index in [-0.39, 0.29) is 38.0 Å². The van der Waals surface area contributed by atoms with Gasteiger partial charge in [-0.25, -0.2) is 9.98 Å².